The zero-order valence-electron chi connectivity index (χ0n) is 24.5. The Labute approximate surface area is 241 Å². The van der Waals surface area contributed by atoms with Gasteiger partial charge < -0.3 is 29.4 Å². The van der Waals surface area contributed by atoms with E-state index in [0.717, 1.165) is 12.8 Å². The molecule has 0 bridgehead atoms. The molecule has 0 saturated carbocycles. The molecule has 0 heterocycles. The molecule has 0 aromatic heterocycles. The van der Waals surface area contributed by atoms with Crippen LogP contribution >= 0.6 is 0 Å². The van der Waals surface area contributed by atoms with E-state index < -0.39 is 29.6 Å². The molecule has 0 saturated heterocycles. The van der Waals surface area contributed by atoms with Gasteiger partial charge in [0.05, 0.1) is 13.7 Å². The standard InChI is InChI=1S/C31H41NO9/c1-6-21(3)17-27(33)40-25-14-13-23(19-26(25)41-28(34)18-22(4)7-2)20-31(32,29(35)37-5)15-16-38-30(36)39-24-11-9-8-10-12-24/h8-14,19,21-22H,6-7,15-18,20,32H2,1-5H3/t21?,22?,31-/m1/s1. The Hall–Kier alpha value is -3.92. The molecule has 0 spiro atoms. The number of benzene rings is 2. The van der Waals surface area contributed by atoms with Gasteiger partial charge in [-0.3, -0.25) is 14.4 Å². The number of carbonyl (C=O) groups is 4. The van der Waals surface area contributed by atoms with Gasteiger partial charge in [0, 0.05) is 25.7 Å². The van der Waals surface area contributed by atoms with Crippen molar-refractivity contribution in [3.05, 3.63) is 54.1 Å². The Morgan fingerprint density at radius 1 is 0.829 bits per heavy atom. The smallest absolute Gasteiger partial charge is 0.468 e. The van der Waals surface area contributed by atoms with Crippen LogP contribution in [0.4, 0.5) is 4.79 Å². The van der Waals surface area contributed by atoms with Crippen molar-refractivity contribution >= 4 is 24.1 Å². The number of rotatable bonds is 15. The number of hydrogen-bond acceptors (Lipinski definition) is 10. The van der Waals surface area contributed by atoms with Gasteiger partial charge in [-0.1, -0.05) is 64.8 Å². The van der Waals surface area contributed by atoms with Gasteiger partial charge in [0.15, 0.2) is 11.5 Å². The largest absolute Gasteiger partial charge is 0.513 e. The first kappa shape index (κ1) is 33.3. The minimum absolute atomic E-state index is 0.0446. The fourth-order valence-electron chi connectivity index (χ4n) is 3.77. The molecule has 0 aliphatic rings. The van der Waals surface area contributed by atoms with E-state index in [1.165, 1.54) is 19.2 Å². The van der Waals surface area contributed by atoms with E-state index in [9.17, 15) is 19.2 Å². The minimum atomic E-state index is -1.59. The van der Waals surface area contributed by atoms with Gasteiger partial charge >= 0.3 is 24.1 Å². The lowest BCUT2D eigenvalue weighted by Crippen LogP contribution is -2.51. The van der Waals surface area contributed by atoms with Crippen LogP contribution in [0.3, 0.4) is 0 Å². The van der Waals surface area contributed by atoms with Crippen molar-refractivity contribution in [3.63, 3.8) is 0 Å². The summed E-state index contributed by atoms with van der Waals surface area (Å²) in [5.74, 6) is -0.978. The SMILES string of the molecule is CCC(C)CC(=O)Oc1ccc(C[C@](N)(CCOC(=O)Oc2ccccc2)C(=O)OC)cc1OC(=O)CC(C)CC. The molecule has 2 N–H and O–H groups in total. The number of hydrogen-bond donors (Lipinski definition) is 1. The normalized spacial score (nSPS) is 13.7. The maximum Gasteiger partial charge on any atom is 0.513 e. The molecular formula is C31H41NO9. The highest BCUT2D eigenvalue weighted by atomic mass is 16.7. The Morgan fingerprint density at radius 2 is 1.41 bits per heavy atom. The molecule has 0 fully saturated rings. The molecule has 41 heavy (non-hydrogen) atoms. The van der Waals surface area contributed by atoms with Crippen LogP contribution < -0.4 is 19.9 Å². The van der Waals surface area contributed by atoms with Crippen LogP contribution in [-0.2, 0) is 30.3 Å². The first-order chi connectivity index (χ1) is 19.5. The van der Waals surface area contributed by atoms with Crippen molar-refractivity contribution in [2.75, 3.05) is 13.7 Å². The summed E-state index contributed by atoms with van der Waals surface area (Å²) in [5.41, 5.74) is 5.37. The summed E-state index contributed by atoms with van der Waals surface area (Å²) in [4.78, 5) is 49.8. The number of esters is 3. The Kier molecular flexibility index (Phi) is 13.3. The minimum Gasteiger partial charge on any atom is -0.468 e. The van der Waals surface area contributed by atoms with Crippen LogP contribution in [0.5, 0.6) is 17.2 Å². The Balaban J connectivity index is 2.21. The Bertz CT molecular complexity index is 1170. The summed E-state index contributed by atoms with van der Waals surface area (Å²) in [6.45, 7) is 7.60. The van der Waals surface area contributed by atoms with Crippen LogP contribution in [0.25, 0.3) is 0 Å². The molecule has 10 heteroatoms. The van der Waals surface area contributed by atoms with Gasteiger partial charge in [0.25, 0.3) is 0 Å². The van der Waals surface area contributed by atoms with Gasteiger partial charge in [0.2, 0.25) is 0 Å². The lowest BCUT2D eigenvalue weighted by Gasteiger charge is -2.26. The van der Waals surface area contributed by atoms with Gasteiger partial charge in [0.1, 0.15) is 11.3 Å². The van der Waals surface area contributed by atoms with Crippen LogP contribution in [-0.4, -0.2) is 43.3 Å². The highest BCUT2D eigenvalue weighted by Crippen LogP contribution is 2.32. The molecule has 0 aliphatic heterocycles. The molecule has 0 radical (unpaired) electrons. The van der Waals surface area contributed by atoms with E-state index in [2.05, 4.69) is 0 Å². The van der Waals surface area contributed by atoms with Crippen LogP contribution in [0, 0.1) is 11.8 Å². The molecule has 2 unspecified atom stereocenters. The van der Waals surface area contributed by atoms with E-state index in [4.69, 9.17) is 29.4 Å². The lowest BCUT2D eigenvalue weighted by molar-refractivity contribution is -0.147. The van der Waals surface area contributed by atoms with E-state index in [1.54, 1.807) is 36.4 Å². The highest BCUT2D eigenvalue weighted by Gasteiger charge is 2.36. The first-order valence-electron chi connectivity index (χ1n) is 13.8. The monoisotopic (exact) mass is 571 g/mol. The van der Waals surface area contributed by atoms with Crippen molar-refractivity contribution in [2.24, 2.45) is 17.6 Å². The summed E-state index contributed by atoms with van der Waals surface area (Å²) >= 11 is 0. The van der Waals surface area contributed by atoms with E-state index >= 15 is 0 Å². The fraction of sp³-hybridized carbons (Fsp3) is 0.484. The summed E-state index contributed by atoms with van der Waals surface area (Å²) in [5, 5.41) is 0. The maximum atomic E-state index is 12.7. The summed E-state index contributed by atoms with van der Waals surface area (Å²) in [7, 11) is 1.20. The van der Waals surface area contributed by atoms with E-state index in [1.807, 2.05) is 27.7 Å². The van der Waals surface area contributed by atoms with Crippen LogP contribution in [0.1, 0.15) is 65.4 Å². The molecule has 3 atom stereocenters. The molecule has 0 aliphatic carbocycles. The maximum absolute atomic E-state index is 12.7. The second-order valence-electron chi connectivity index (χ2n) is 10.3. The molecule has 2 aromatic rings. The third-order valence-corrected chi connectivity index (χ3v) is 6.70. The number of para-hydroxylation sites is 1. The summed E-state index contributed by atoms with van der Waals surface area (Å²) < 4.78 is 26.3. The number of ether oxygens (including phenoxy) is 5. The molecule has 224 valence electrons. The van der Waals surface area contributed by atoms with Crippen LogP contribution in [0.2, 0.25) is 0 Å². The zero-order valence-corrected chi connectivity index (χ0v) is 24.5. The molecule has 2 rings (SSSR count). The third kappa shape index (κ3) is 11.2. The number of carbonyl (C=O) groups excluding carboxylic acids is 4. The molecule has 10 nitrogen and oxygen atoms in total. The van der Waals surface area contributed by atoms with E-state index in [0.29, 0.717) is 11.3 Å². The van der Waals surface area contributed by atoms with Crippen LogP contribution in [0.15, 0.2) is 48.5 Å². The fourth-order valence-corrected chi connectivity index (χ4v) is 3.77. The number of methoxy groups -OCH3 is 1. The predicted octanol–water partition coefficient (Wildman–Crippen LogP) is 5.39. The van der Waals surface area contributed by atoms with E-state index in [-0.39, 0.29) is 55.6 Å². The summed E-state index contributed by atoms with van der Waals surface area (Å²) in [6.07, 6.45) is 0.917. The van der Waals surface area contributed by atoms with Crippen molar-refractivity contribution in [1.29, 1.82) is 0 Å². The average Bonchev–Trinajstić information content (AvgIpc) is 2.94. The van der Waals surface area contributed by atoms with Gasteiger partial charge in [-0.2, -0.15) is 0 Å². The average molecular weight is 572 g/mol. The third-order valence-electron chi connectivity index (χ3n) is 6.70. The highest BCUT2D eigenvalue weighted by molar-refractivity contribution is 5.81. The van der Waals surface area contributed by atoms with Crippen molar-refractivity contribution in [3.8, 4) is 17.2 Å². The van der Waals surface area contributed by atoms with Crippen molar-refractivity contribution < 1.29 is 42.9 Å². The number of nitrogens with two attached hydrogens (primary N) is 1. The quantitative estimate of drug-likeness (QED) is 0.168. The predicted molar refractivity (Wildman–Crippen MR) is 152 cm³/mol. The van der Waals surface area contributed by atoms with Crippen molar-refractivity contribution in [1.82, 2.24) is 0 Å². The van der Waals surface area contributed by atoms with Gasteiger partial charge in [-0.25, -0.2) is 4.79 Å². The Morgan fingerprint density at radius 3 is 1.98 bits per heavy atom. The van der Waals surface area contributed by atoms with Crippen molar-refractivity contribution in [2.45, 2.75) is 71.8 Å². The molecule has 0 amide bonds. The second-order valence-corrected chi connectivity index (χ2v) is 10.3. The topological polar surface area (TPSA) is 140 Å². The van der Waals surface area contributed by atoms with Gasteiger partial charge in [-0.05, 0) is 41.7 Å². The lowest BCUT2D eigenvalue weighted by atomic mass is 9.88. The first-order valence-corrected chi connectivity index (χ1v) is 13.8. The summed E-state index contributed by atoms with van der Waals surface area (Å²) in [6, 6.07) is 13.0. The molecular weight excluding hydrogens is 530 g/mol. The van der Waals surface area contributed by atoms with Gasteiger partial charge in [-0.15, -0.1) is 0 Å². The molecule has 2 aromatic carbocycles. The second kappa shape index (κ2) is 16.4. The zero-order chi connectivity index (χ0) is 30.4.